The van der Waals surface area contributed by atoms with Gasteiger partial charge in [-0.25, -0.2) is 4.98 Å². The SMILES string of the molecule is [2H]c1c([2H])[n+](-c2cc(C(C)(C)C)cc(C(C)(C)C)c2)[c-]n1-c1[c-]c(Oc2[c-]c3c(cc2)c2cc(C(C)(C)c4ccccc4)ccc2n3-c2cc(C(C)(C)c3ccccc3)ccn2)ccc1.[Pt]. The van der Waals surface area contributed by atoms with Crippen molar-refractivity contribution >= 4 is 21.8 Å². The summed E-state index contributed by atoms with van der Waals surface area (Å²) in [5, 5.41) is 2.13. The summed E-state index contributed by atoms with van der Waals surface area (Å²) in [6, 6.07) is 55.4. The molecule has 326 valence electrons. The van der Waals surface area contributed by atoms with Crippen LogP contribution in [0.15, 0.2) is 158 Å². The minimum atomic E-state index is -0.273. The summed E-state index contributed by atoms with van der Waals surface area (Å²) < 4.78 is 30.1. The van der Waals surface area contributed by atoms with Crippen molar-refractivity contribution in [2.45, 2.75) is 90.9 Å². The van der Waals surface area contributed by atoms with Crippen molar-refractivity contribution in [1.82, 2.24) is 14.1 Å². The van der Waals surface area contributed by atoms with Crippen LogP contribution >= 0.6 is 0 Å². The number of nitrogens with zero attached hydrogens (tertiary/aromatic N) is 4. The Balaban J connectivity index is 0.00000592. The molecule has 9 rings (SSSR count). The summed E-state index contributed by atoms with van der Waals surface area (Å²) >= 11 is 0. The Morgan fingerprint density at radius 3 is 1.80 bits per heavy atom. The molecule has 0 atom stereocenters. The zero-order chi connectivity index (χ0) is 46.1. The number of aromatic nitrogens is 4. The molecule has 5 nitrogen and oxygen atoms in total. The van der Waals surface area contributed by atoms with E-state index in [2.05, 4.69) is 208 Å². The molecule has 0 N–H and O–H groups in total. The van der Waals surface area contributed by atoms with Crippen LogP contribution in [0.1, 0.15) is 105 Å². The second kappa shape index (κ2) is 16.8. The third kappa shape index (κ3) is 8.51. The molecular weight excluding hydrogens is 964 g/mol. The summed E-state index contributed by atoms with van der Waals surface area (Å²) in [5.74, 6) is 1.74. The number of fused-ring (bicyclic) bond motifs is 3. The van der Waals surface area contributed by atoms with Crippen LogP contribution < -0.4 is 9.30 Å². The standard InChI is InChI=1S/C58H56N4O.Pt/c1-55(2,3)44-32-45(56(4,5)6)34-47(33-44)61-31-30-60(39-61)46-22-17-23-48(37-46)63-49-25-26-50-51-35-42(57(7,8)40-18-13-11-14-19-40)24-27-52(51)62(53(50)38-49)54-36-43(28-29-59-54)58(9,10)41-20-15-12-16-21-41;/h11-36H,1-10H3;/q-2;/i30D,31D;. The van der Waals surface area contributed by atoms with Crippen LogP contribution in [0.25, 0.3) is 39.0 Å². The van der Waals surface area contributed by atoms with Crippen molar-refractivity contribution in [2.75, 3.05) is 0 Å². The molecule has 3 aromatic heterocycles. The third-order valence-electron chi connectivity index (χ3n) is 12.7. The number of imidazole rings is 1. The largest absolute Gasteiger partial charge is 0.510 e. The van der Waals surface area contributed by atoms with Gasteiger partial charge in [0.05, 0.1) is 8.43 Å². The zero-order valence-corrected chi connectivity index (χ0v) is 40.6. The van der Waals surface area contributed by atoms with Crippen molar-refractivity contribution in [3.63, 3.8) is 0 Å². The number of hydrogen-bond donors (Lipinski definition) is 0. The van der Waals surface area contributed by atoms with E-state index in [1.54, 1.807) is 9.13 Å². The molecule has 64 heavy (non-hydrogen) atoms. The van der Waals surface area contributed by atoms with Gasteiger partial charge in [0.1, 0.15) is 5.82 Å². The minimum Gasteiger partial charge on any atom is -0.510 e. The molecule has 0 aliphatic heterocycles. The maximum absolute atomic E-state index is 9.05. The average molecular weight is 1020 g/mol. The Bertz CT molecular complexity index is 3190. The van der Waals surface area contributed by atoms with Gasteiger partial charge in [-0.3, -0.25) is 4.57 Å². The van der Waals surface area contributed by atoms with Gasteiger partial charge in [-0.2, -0.15) is 18.2 Å². The van der Waals surface area contributed by atoms with Crippen molar-refractivity contribution in [2.24, 2.45) is 0 Å². The molecule has 0 fully saturated rings. The van der Waals surface area contributed by atoms with E-state index in [1.165, 1.54) is 16.7 Å². The second-order valence-corrected chi connectivity index (χ2v) is 19.8. The van der Waals surface area contributed by atoms with Gasteiger partial charge in [-0.05, 0) is 85.6 Å². The number of benzene rings is 6. The van der Waals surface area contributed by atoms with Crippen molar-refractivity contribution in [3.8, 4) is 28.7 Å². The van der Waals surface area contributed by atoms with Crippen molar-refractivity contribution < 1.29 is 33.1 Å². The molecule has 0 amide bonds. The third-order valence-corrected chi connectivity index (χ3v) is 12.7. The minimum absolute atomic E-state index is 0. The zero-order valence-electron chi connectivity index (χ0n) is 40.4. The van der Waals surface area contributed by atoms with E-state index >= 15 is 0 Å². The van der Waals surface area contributed by atoms with E-state index in [9.17, 15) is 0 Å². The van der Waals surface area contributed by atoms with E-state index in [0.717, 1.165) is 50.0 Å². The van der Waals surface area contributed by atoms with Crippen LogP contribution in [0.3, 0.4) is 0 Å². The average Bonchev–Trinajstić information content (AvgIpc) is 3.78. The molecule has 0 bridgehead atoms. The van der Waals surface area contributed by atoms with Gasteiger partial charge in [0.2, 0.25) is 0 Å². The van der Waals surface area contributed by atoms with Gasteiger partial charge in [0.15, 0.2) is 0 Å². The molecule has 6 heteroatoms. The number of hydrogen-bond acceptors (Lipinski definition) is 2. The monoisotopic (exact) mass is 1020 g/mol. The van der Waals surface area contributed by atoms with Gasteiger partial charge < -0.3 is 13.9 Å². The molecule has 0 aliphatic carbocycles. The summed E-state index contributed by atoms with van der Waals surface area (Å²) in [6.07, 6.45) is 5.22. The van der Waals surface area contributed by atoms with Gasteiger partial charge >= 0.3 is 0 Å². The molecule has 0 saturated carbocycles. The maximum Gasteiger partial charge on any atom is 0.267 e. The Kier molecular flexibility index (Phi) is 11.0. The first kappa shape index (κ1) is 41.9. The first-order chi connectivity index (χ1) is 30.8. The quantitative estimate of drug-likeness (QED) is 0.107. The fourth-order valence-electron chi connectivity index (χ4n) is 8.42. The van der Waals surface area contributed by atoms with Crippen LogP contribution in [-0.4, -0.2) is 14.1 Å². The van der Waals surface area contributed by atoms with E-state index in [1.807, 2.05) is 30.5 Å². The Morgan fingerprint density at radius 1 is 0.562 bits per heavy atom. The van der Waals surface area contributed by atoms with Crippen molar-refractivity contribution in [1.29, 1.82) is 0 Å². The van der Waals surface area contributed by atoms with Crippen LogP contribution in [0.5, 0.6) is 11.5 Å². The molecular formula is C58H56N4OPt-2. The van der Waals surface area contributed by atoms with E-state index in [4.69, 9.17) is 12.5 Å². The molecule has 0 aliphatic rings. The van der Waals surface area contributed by atoms with Crippen molar-refractivity contribution in [3.05, 3.63) is 210 Å². The molecule has 0 unspecified atom stereocenters. The van der Waals surface area contributed by atoms with E-state index in [0.29, 0.717) is 17.2 Å². The van der Waals surface area contributed by atoms with Crippen LogP contribution in [0, 0.1) is 18.5 Å². The Hall–Kier alpha value is -6.03. The van der Waals surface area contributed by atoms with Gasteiger partial charge in [0.25, 0.3) is 6.33 Å². The molecule has 0 saturated heterocycles. The summed E-state index contributed by atoms with van der Waals surface area (Å²) in [6.45, 7) is 22.2. The van der Waals surface area contributed by atoms with Crippen LogP contribution in [0.2, 0.25) is 0 Å². The fourth-order valence-corrected chi connectivity index (χ4v) is 8.42. The maximum atomic E-state index is 9.05. The fraction of sp³-hybridized carbons (Fsp3) is 0.241. The summed E-state index contributed by atoms with van der Waals surface area (Å²) in [4.78, 5) is 4.99. The topological polar surface area (TPSA) is 35.9 Å². The molecule has 9 aromatic rings. The first-order valence-corrected chi connectivity index (χ1v) is 21.8. The smallest absolute Gasteiger partial charge is 0.267 e. The number of rotatable bonds is 9. The normalized spacial score (nSPS) is 12.8. The predicted octanol–water partition coefficient (Wildman–Crippen LogP) is 13.7. The van der Waals surface area contributed by atoms with Crippen LogP contribution in [-0.2, 0) is 42.7 Å². The Labute approximate surface area is 396 Å². The van der Waals surface area contributed by atoms with E-state index in [-0.39, 0.29) is 55.1 Å². The number of pyridine rings is 1. The van der Waals surface area contributed by atoms with Gasteiger partial charge in [-0.15, -0.1) is 29.7 Å². The predicted molar refractivity (Wildman–Crippen MR) is 257 cm³/mol. The molecule has 3 heterocycles. The molecule has 0 spiro atoms. The summed E-state index contributed by atoms with van der Waals surface area (Å²) in [5.41, 5.74) is 9.59. The molecule has 6 aromatic carbocycles. The van der Waals surface area contributed by atoms with Gasteiger partial charge in [0, 0.05) is 67.5 Å². The first-order valence-electron chi connectivity index (χ1n) is 22.8. The number of ether oxygens (including phenoxy) is 1. The molecule has 0 radical (unpaired) electrons. The van der Waals surface area contributed by atoms with E-state index < -0.39 is 0 Å². The summed E-state index contributed by atoms with van der Waals surface area (Å²) in [7, 11) is 0. The van der Waals surface area contributed by atoms with Crippen LogP contribution in [0.4, 0.5) is 0 Å². The van der Waals surface area contributed by atoms with Gasteiger partial charge in [-0.1, -0.05) is 154 Å². The Morgan fingerprint density at radius 2 is 1.17 bits per heavy atom. The second-order valence-electron chi connectivity index (χ2n) is 19.8.